The van der Waals surface area contributed by atoms with E-state index in [9.17, 15) is 8.42 Å². The van der Waals surface area contributed by atoms with E-state index in [-0.39, 0.29) is 12.5 Å². The molecule has 1 unspecified atom stereocenters. The Morgan fingerprint density at radius 2 is 2.00 bits per heavy atom. The van der Waals surface area contributed by atoms with Crippen molar-refractivity contribution >= 4 is 10.0 Å². The van der Waals surface area contributed by atoms with Gasteiger partial charge in [0.25, 0.3) is 0 Å². The first kappa shape index (κ1) is 14.5. The lowest BCUT2D eigenvalue weighted by Gasteiger charge is -2.16. The summed E-state index contributed by atoms with van der Waals surface area (Å²) < 4.78 is 26.2. The zero-order valence-corrected chi connectivity index (χ0v) is 11.6. The third-order valence-electron chi connectivity index (χ3n) is 3.50. The molecule has 0 aliphatic carbocycles. The Morgan fingerprint density at radius 3 is 2.53 bits per heavy atom. The smallest absolute Gasteiger partial charge is 0.243 e. The molecule has 1 aromatic carbocycles. The number of hydrogen-bond acceptors (Lipinski definition) is 4. The second-order valence-electron chi connectivity index (χ2n) is 4.88. The number of rotatable bonds is 5. The summed E-state index contributed by atoms with van der Waals surface area (Å²) in [5.74, 6) is 0.0614. The van der Waals surface area contributed by atoms with Gasteiger partial charge in [-0.05, 0) is 43.0 Å². The van der Waals surface area contributed by atoms with Gasteiger partial charge in [0.05, 0.1) is 4.90 Å². The minimum atomic E-state index is -3.42. The van der Waals surface area contributed by atoms with Crippen LogP contribution in [0.15, 0.2) is 29.2 Å². The molecule has 0 aromatic heterocycles. The molecule has 0 bridgehead atoms. The molecule has 1 fully saturated rings. The largest absolute Gasteiger partial charge is 0.396 e. The van der Waals surface area contributed by atoms with E-state index in [1.54, 1.807) is 24.3 Å². The van der Waals surface area contributed by atoms with Gasteiger partial charge in [-0.15, -0.1) is 0 Å². The summed E-state index contributed by atoms with van der Waals surface area (Å²) >= 11 is 0. The Balaban J connectivity index is 2.15. The molecule has 0 spiro atoms. The summed E-state index contributed by atoms with van der Waals surface area (Å²) in [6, 6.07) is 6.87. The predicted octanol–water partition coefficient (Wildman–Crippen LogP) is 0.191. The second-order valence-corrected chi connectivity index (χ2v) is 6.82. The molecule has 0 saturated carbocycles. The molecule has 1 saturated heterocycles. The quantitative estimate of drug-likeness (QED) is 0.808. The van der Waals surface area contributed by atoms with Crippen LogP contribution in [0.4, 0.5) is 0 Å². The van der Waals surface area contributed by atoms with E-state index < -0.39 is 10.0 Å². The third kappa shape index (κ3) is 3.14. The van der Waals surface area contributed by atoms with E-state index in [0.29, 0.717) is 24.5 Å². The second kappa shape index (κ2) is 6.00. The normalized spacial score (nSPS) is 20.8. The van der Waals surface area contributed by atoms with Gasteiger partial charge in [-0.25, -0.2) is 8.42 Å². The SMILES string of the molecule is NCCc1ccc(S(=O)(=O)N2CCC(CO)C2)cc1. The molecular formula is C13H20N2O3S. The summed E-state index contributed by atoms with van der Waals surface area (Å²) in [6.07, 6.45) is 1.47. The lowest BCUT2D eigenvalue weighted by molar-refractivity contribution is 0.233. The molecule has 0 amide bonds. The van der Waals surface area contributed by atoms with Crippen LogP contribution < -0.4 is 5.73 Å². The van der Waals surface area contributed by atoms with Gasteiger partial charge >= 0.3 is 0 Å². The van der Waals surface area contributed by atoms with Gasteiger partial charge in [0.1, 0.15) is 0 Å². The zero-order valence-electron chi connectivity index (χ0n) is 10.8. The molecule has 3 N–H and O–H groups in total. The van der Waals surface area contributed by atoms with E-state index in [1.807, 2.05) is 0 Å². The average molecular weight is 284 g/mol. The third-order valence-corrected chi connectivity index (χ3v) is 5.38. The van der Waals surface area contributed by atoms with Crippen LogP contribution in [0.25, 0.3) is 0 Å². The highest BCUT2D eigenvalue weighted by Gasteiger charge is 2.31. The standard InChI is InChI=1S/C13H20N2O3S/c14-7-5-11-1-3-13(4-2-11)19(17,18)15-8-6-12(9-15)10-16/h1-4,12,16H,5-10,14H2. The maximum Gasteiger partial charge on any atom is 0.243 e. The number of sulfonamides is 1. The van der Waals surface area contributed by atoms with Crippen molar-refractivity contribution in [1.29, 1.82) is 0 Å². The Bertz CT molecular complexity index is 513. The van der Waals surface area contributed by atoms with Gasteiger partial charge in [0.2, 0.25) is 10.0 Å². The van der Waals surface area contributed by atoms with Gasteiger partial charge in [-0.2, -0.15) is 4.31 Å². The Morgan fingerprint density at radius 1 is 1.32 bits per heavy atom. The highest BCUT2D eigenvalue weighted by atomic mass is 32.2. The molecular weight excluding hydrogens is 264 g/mol. The van der Waals surface area contributed by atoms with E-state index in [0.717, 1.165) is 18.4 Å². The van der Waals surface area contributed by atoms with Crippen LogP contribution in [0.3, 0.4) is 0 Å². The molecule has 1 aromatic rings. The Hall–Kier alpha value is -0.950. The predicted molar refractivity (Wildman–Crippen MR) is 73.2 cm³/mol. The van der Waals surface area contributed by atoms with Crippen molar-refractivity contribution in [2.24, 2.45) is 11.7 Å². The molecule has 2 rings (SSSR count). The topological polar surface area (TPSA) is 83.6 Å². The van der Waals surface area contributed by atoms with E-state index in [2.05, 4.69) is 0 Å². The molecule has 0 radical (unpaired) electrons. The average Bonchev–Trinajstić information content (AvgIpc) is 2.89. The summed E-state index contributed by atoms with van der Waals surface area (Å²) in [5.41, 5.74) is 6.50. The van der Waals surface area contributed by atoms with Gasteiger partial charge in [-0.3, -0.25) is 0 Å². The maximum absolute atomic E-state index is 12.4. The Labute approximate surface area is 114 Å². The molecule has 6 heteroatoms. The summed E-state index contributed by atoms with van der Waals surface area (Å²) in [7, 11) is -3.42. The molecule has 1 heterocycles. The van der Waals surface area contributed by atoms with Crippen LogP contribution in [0.2, 0.25) is 0 Å². The van der Waals surface area contributed by atoms with Gasteiger partial charge in [0.15, 0.2) is 0 Å². The van der Waals surface area contributed by atoms with Crippen molar-refractivity contribution in [2.45, 2.75) is 17.7 Å². The molecule has 106 valence electrons. The summed E-state index contributed by atoms with van der Waals surface area (Å²) in [5, 5.41) is 9.08. The number of nitrogens with zero attached hydrogens (tertiary/aromatic N) is 1. The molecule has 1 aliphatic heterocycles. The zero-order chi connectivity index (χ0) is 13.9. The van der Waals surface area contributed by atoms with Crippen LogP contribution in [0, 0.1) is 5.92 Å². The molecule has 19 heavy (non-hydrogen) atoms. The monoisotopic (exact) mass is 284 g/mol. The van der Waals surface area contributed by atoms with Gasteiger partial charge < -0.3 is 10.8 Å². The van der Waals surface area contributed by atoms with Crippen molar-refractivity contribution in [3.05, 3.63) is 29.8 Å². The van der Waals surface area contributed by atoms with Crippen LogP contribution in [-0.2, 0) is 16.4 Å². The number of hydrogen-bond donors (Lipinski definition) is 2. The highest BCUT2D eigenvalue weighted by Crippen LogP contribution is 2.24. The lowest BCUT2D eigenvalue weighted by atomic mass is 10.1. The van der Waals surface area contributed by atoms with E-state index in [1.165, 1.54) is 4.31 Å². The fourth-order valence-electron chi connectivity index (χ4n) is 2.31. The number of aliphatic hydroxyl groups excluding tert-OH is 1. The van der Waals surface area contributed by atoms with Crippen LogP contribution in [0.1, 0.15) is 12.0 Å². The van der Waals surface area contributed by atoms with Crippen LogP contribution in [-0.4, -0.2) is 44.1 Å². The first-order valence-electron chi connectivity index (χ1n) is 6.48. The Kier molecular flexibility index (Phi) is 4.57. The van der Waals surface area contributed by atoms with Crippen molar-refractivity contribution in [3.8, 4) is 0 Å². The summed E-state index contributed by atoms with van der Waals surface area (Å²) in [6.45, 7) is 1.49. The van der Waals surface area contributed by atoms with E-state index in [4.69, 9.17) is 10.8 Å². The van der Waals surface area contributed by atoms with Gasteiger partial charge in [-0.1, -0.05) is 12.1 Å². The number of aliphatic hydroxyl groups is 1. The summed E-state index contributed by atoms with van der Waals surface area (Å²) in [4.78, 5) is 0.312. The van der Waals surface area contributed by atoms with Crippen molar-refractivity contribution in [2.75, 3.05) is 26.2 Å². The first-order valence-corrected chi connectivity index (χ1v) is 7.92. The van der Waals surface area contributed by atoms with Crippen LogP contribution in [0.5, 0.6) is 0 Å². The molecule has 1 aliphatic rings. The van der Waals surface area contributed by atoms with Crippen molar-refractivity contribution in [1.82, 2.24) is 4.31 Å². The molecule has 1 atom stereocenters. The first-order chi connectivity index (χ1) is 9.07. The minimum Gasteiger partial charge on any atom is -0.396 e. The lowest BCUT2D eigenvalue weighted by Crippen LogP contribution is -2.29. The fourth-order valence-corrected chi connectivity index (χ4v) is 3.84. The van der Waals surface area contributed by atoms with Crippen molar-refractivity contribution in [3.63, 3.8) is 0 Å². The van der Waals surface area contributed by atoms with E-state index >= 15 is 0 Å². The fraction of sp³-hybridized carbons (Fsp3) is 0.538. The minimum absolute atomic E-state index is 0.0431. The maximum atomic E-state index is 12.4. The van der Waals surface area contributed by atoms with Gasteiger partial charge in [0, 0.05) is 19.7 Å². The number of benzene rings is 1. The van der Waals surface area contributed by atoms with Crippen molar-refractivity contribution < 1.29 is 13.5 Å². The highest BCUT2D eigenvalue weighted by molar-refractivity contribution is 7.89. The van der Waals surface area contributed by atoms with Crippen LogP contribution >= 0.6 is 0 Å². The molecule has 5 nitrogen and oxygen atoms in total. The number of nitrogens with two attached hydrogens (primary N) is 1.